The summed E-state index contributed by atoms with van der Waals surface area (Å²) < 4.78 is 37.2. The molecule has 0 fully saturated rings. The van der Waals surface area contributed by atoms with Crippen LogP contribution in [0.5, 0.6) is 11.5 Å². The van der Waals surface area contributed by atoms with Gasteiger partial charge in [-0.15, -0.1) is 23.1 Å². The third kappa shape index (κ3) is 4.18. The van der Waals surface area contributed by atoms with E-state index in [1.54, 1.807) is 30.5 Å². The first-order valence-electron chi connectivity index (χ1n) is 7.80. The Labute approximate surface area is 165 Å². The number of hydrogen-bond acceptors (Lipinski definition) is 7. The number of methoxy groups -OCH3 is 1. The predicted octanol–water partition coefficient (Wildman–Crippen LogP) is 4.88. The normalized spacial score (nSPS) is 11.2. The lowest BCUT2D eigenvalue weighted by Gasteiger charge is -2.08. The fourth-order valence-electron chi connectivity index (χ4n) is 2.34. The van der Waals surface area contributed by atoms with Crippen molar-refractivity contribution in [2.45, 2.75) is 14.0 Å². The highest BCUT2D eigenvalue weighted by Gasteiger charge is 2.26. The van der Waals surface area contributed by atoms with Crippen molar-refractivity contribution in [2.24, 2.45) is 0 Å². The number of rotatable bonds is 6. The highest BCUT2D eigenvalue weighted by Crippen LogP contribution is 2.38. The second kappa shape index (κ2) is 8.16. The van der Waals surface area contributed by atoms with E-state index in [9.17, 15) is 13.2 Å². The Kier molecular flexibility index (Phi) is 5.88. The van der Waals surface area contributed by atoms with Crippen molar-refractivity contribution < 1.29 is 22.7 Å². The largest absolute Gasteiger partial charge is 0.465 e. The summed E-state index contributed by atoms with van der Waals surface area (Å²) in [5.74, 6) is 0.467. The van der Waals surface area contributed by atoms with E-state index in [-0.39, 0.29) is 14.7 Å². The van der Waals surface area contributed by atoms with E-state index in [0.717, 1.165) is 11.3 Å². The van der Waals surface area contributed by atoms with Crippen molar-refractivity contribution in [2.75, 3.05) is 13.4 Å². The van der Waals surface area contributed by atoms with Gasteiger partial charge in [-0.3, -0.25) is 0 Å². The van der Waals surface area contributed by atoms with Crippen molar-refractivity contribution in [1.82, 2.24) is 0 Å². The first kappa shape index (κ1) is 19.5. The van der Waals surface area contributed by atoms with E-state index in [1.807, 2.05) is 18.2 Å². The Balaban J connectivity index is 1.99. The summed E-state index contributed by atoms with van der Waals surface area (Å²) in [6.07, 6.45) is 1.76. The standard InChI is InChI=1S/C19H16O5S3/c1-23-18(20)16-12-17(19(25-2)26-16)27(21,22)15-10-6-9-14(11-15)24-13-7-4-3-5-8-13/h3-12H,1-2H3. The van der Waals surface area contributed by atoms with Gasteiger partial charge in [0, 0.05) is 0 Å². The van der Waals surface area contributed by atoms with Crippen LogP contribution in [0.2, 0.25) is 0 Å². The molecule has 27 heavy (non-hydrogen) atoms. The van der Waals surface area contributed by atoms with Gasteiger partial charge < -0.3 is 9.47 Å². The minimum Gasteiger partial charge on any atom is -0.465 e. The number of thioether (sulfide) groups is 1. The molecule has 1 aromatic heterocycles. The van der Waals surface area contributed by atoms with Gasteiger partial charge in [0.05, 0.1) is 21.1 Å². The summed E-state index contributed by atoms with van der Waals surface area (Å²) >= 11 is 2.37. The van der Waals surface area contributed by atoms with Crippen LogP contribution in [0.4, 0.5) is 0 Å². The highest BCUT2D eigenvalue weighted by atomic mass is 32.2. The summed E-state index contributed by atoms with van der Waals surface area (Å²) in [5, 5.41) is 0. The van der Waals surface area contributed by atoms with Gasteiger partial charge in [-0.2, -0.15) is 0 Å². The molecule has 0 aliphatic carbocycles. The van der Waals surface area contributed by atoms with Gasteiger partial charge in [0.2, 0.25) is 9.84 Å². The minimum absolute atomic E-state index is 0.0947. The summed E-state index contributed by atoms with van der Waals surface area (Å²) in [5.41, 5.74) is 0. The SMILES string of the molecule is COC(=O)c1cc(S(=O)(=O)c2cccc(Oc3ccccc3)c2)c(SC)s1. The predicted molar refractivity (Wildman–Crippen MR) is 106 cm³/mol. The van der Waals surface area contributed by atoms with E-state index < -0.39 is 15.8 Å². The van der Waals surface area contributed by atoms with Crippen LogP contribution in [-0.2, 0) is 14.6 Å². The zero-order valence-corrected chi connectivity index (χ0v) is 17.0. The summed E-state index contributed by atoms with van der Waals surface area (Å²) in [6, 6.07) is 16.8. The van der Waals surface area contributed by atoms with E-state index in [0.29, 0.717) is 15.7 Å². The molecule has 140 valence electrons. The fraction of sp³-hybridized carbons (Fsp3) is 0.105. The third-order valence-corrected chi connectivity index (χ3v) is 7.91. The Bertz CT molecular complexity index is 1060. The van der Waals surface area contributed by atoms with Crippen molar-refractivity contribution in [3.8, 4) is 11.5 Å². The Morgan fingerprint density at radius 2 is 1.70 bits per heavy atom. The van der Waals surface area contributed by atoms with Gasteiger partial charge in [0.25, 0.3) is 0 Å². The second-order valence-electron chi connectivity index (χ2n) is 5.35. The number of benzene rings is 2. The lowest BCUT2D eigenvalue weighted by Crippen LogP contribution is -2.03. The molecule has 5 nitrogen and oxygen atoms in total. The molecule has 1 heterocycles. The van der Waals surface area contributed by atoms with Crippen molar-refractivity contribution in [3.05, 3.63) is 65.5 Å². The quantitative estimate of drug-likeness (QED) is 0.418. The van der Waals surface area contributed by atoms with E-state index in [1.165, 1.54) is 37.1 Å². The van der Waals surface area contributed by atoms with Crippen LogP contribution in [-0.4, -0.2) is 27.8 Å². The third-order valence-electron chi connectivity index (χ3n) is 3.62. The maximum absolute atomic E-state index is 13.1. The lowest BCUT2D eigenvalue weighted by molar-refractivity contribution is 0.0606. The fourth-order valence-corrected chi connectivity index (χ4v) is 6.29. The topological polar surface area (TPSA) is 69.7 Å². The molecule has 3 rings (SSSR count). The number of hydrogen-bond donors (Lipinski definition) is 0. The van der Waals surface area contributed by atoms with Gasteiger partial charge in [-0.1, -0.05) is 24.3 Å². The number of carbonyl (C=O) groups excluding carboxylic acids is 1. The molecule has 0 bridgehead atoms. The molecule has 0 unspecified atom stereocenters. The number of para-hydroxylation sites is 1. The van der Waals surface area contributed by atoms with Crippen LogP contribution in [0.25, 0.3) is 0 Å². The Morgan fingerprint density at radius 1 is 1.00 bits per heavy atom. The molecular weight excluding hydrogens is 404 g/mol. The Hall–Kier alpha value is -2.29. The molecule has 0 N–H and O–H groups in total. The van der Waals surface area contributed by atoms with Crippen LogP contribution in [0.3, 0.4) is 0 Å². The second-order valence-corrected chi connectivity index (χ2v) is 9.40. The number of ether oxygens (including phenoxy) is 2. The minimum atomic E-state index is -3.82. The first-order chi connectivity index (χ1) is 13.0. The van der Waals surface area contributed by atoms with Crippen LogP contribution in [0.1, 0.15) is 9.67 Å². The molecular formula is C19H16O5S3. The van der Waals surface area contributed by atoms with Crippen molar-refractivity contribution >= 4 is 38.9 Å². The zero-order chi connectivity index (χ0) is 19.4. The monoisotopic (exact) mass is 420 g/mol. The van der Waals surface area contributed by atoms with Gasteiger partial charge in [0.1, 0.15) is 16.4 Å². The van der Waals surface area contributed by atoms with Gasteiger partial charge >= 0.3 is 5.97 Å². The molecule has 0 spiro atoms. The van der Waals surface area contributed by atoms with Crippen molar-refractivity contribution in [3.63, 3.8) is 0 Å². The molecule has 0 atom stereocenters. The summed E-state index contributed by atoms with van der Waals surface area (Å²) in [7, 11) is -2.55. The first-order valence-corrected chi connectivity index (χ1v) is 11.3. The molecule has 0 amide bonds. The molecule has 2 aromatic carbocycles. The van der Waals surface area contributed by atoms with Gasteiger partial charge in [-0.25, -0.2) is 13.2 Å². The van der Waals surface area contributed by atoms with E-state index in [4.69, 9.17) is 9.47 Å². The van der Waals surface area contributed by atoms with Crippen LogP contribution >= 0.6 is 23.1 Å². The number of esters is 1. The summed E-state index contributed by atoms with van der Waals surface area (Å²) in [6.45, 7) is 0. The Morgan fingerprint density at radius 3 is 2.37 bits per heavy atom. The zero-order valence-electron chi connectivity index (χ0n) is 14.5. The molecule has 0 radical (unpaired) electrons. The maximum Gasteiger partial charge on any atom is 0.348 e. The van der Waals surface area contributed by atoms with Crippen molar-refractivity contribution in [1.29, 1.82) is 0 Å². The number of sulfone groups is 1. The van der Waals surface area contributed by atoms with E-state index >= 15 is 0 Å². The average Bonchev–Trinajstić information content (AvgIpc) is 3.14. The molecule has 3 aromatic rings. The molecule has 0 aliphatic rings. The molecule has 0 saturated heterocycles. The highest BCUT2D eigenvalue weighted by molar-refractivity contribution is 8.01. The van der Waals surface area contributed by atoms with Crippen LogP contribution in [0, 0.1) is 0 Å². The molecule has 0 aliphatic heterocycles. The smallest absolute Gasteiger partial charge is 0.348 e. The lowest BCUT2D eigenvalue weighted by atomic mass is 10.3. The average molecular weight is 421 g/mol. The number of thiophene rings is 1. The van der Waals surface area contributed by atoms with Crippen LogP contribution in [0.15, 0.2) is 74.7 Å². The molecule has 8 heteroatoms. The number of carbonyl (C=O) groups is 1. The summed E-state index contributed by atoms with van der Waals surface area (Å²) in [4.78, 5) is 12.2. The van der Waals surface area contributed by atoms with Gasteiger partial charge in [-0.05, 0) is 42.7 Å². The van der Waals surface area contributed by atoms with Gasteiger partial charge in [0.15, 0.2) is 0 Å². The van der Waals surface area contributed by atoms with Crippen LogP contribution < -0.4 is 4.74 Å². The maximum atomic E-state index is 13.1. The van der Waals surface area contributed by atoms with E-state index in [2.05, 4.69) is 0 Å². The molecule has 0 saturated carbocycles.